The van der Waals surface area contributed by atoms with E-state index in [1.165, 1.54) is 34.1 Å². The Morgan fingerprint density at radius 2 is 2.04 bits per heavy atom. The van der Waals surface area contributed by atoms with Crippen molar-refractivity contribution in [3.8, 4) is 0 Å². The highest BCUT2D eigenvalue weighted by Crippen LogP contribution is 2.34. The van der Waals surface area contributed by atoms with Gasteiger partial charge in [0, 0.05) is 17.8 Å². The quantitative estimate of drug-likeness (QED) is 0.615. The molecule has 1 N–H and O–H groups in total. The summed E-state index contributed by atoms with van der Waals surface area (Å²) in [5.41, 5.74) is 3.09. The summed E-state index contributed by atoms with van der Waals surface area (Å²) in [6, 6.07) is 14.9. The molecule has 5 rings (SSSR count). The molecule has 1 aromatic carbocycles. The van der Waals surface area contributed by atoms with Crippen molar-refractivity contribution in [1.82, 2.24) is 30.2 Å². The topological polar surface area (TPSA) is 75.0 Å². The molecule has 0 amide bonds. The molecule has 24 heavy (non-hydrogen) atoms. The minimum atomic E-state index is 0.299. The van der Waals surface area contributed by atoms with Gasteiger partial charge in [-0.1, -0.05) is 18.2 Å². The van der Waals surface area contributed by atoms with Crippen LogP contribution < -0.4 is 4.90 Å². The molecule has 0 radical (unpaired) electrons. The third-order valence-electron chi connectivity index (χ3n) is 4.76. The van der Waals surface area contributed by atoms with Crippen molar-refractivity contribution in [1.29, 1.82) is 0 Å². The van der Waals surface area contributed by atoms with Crippen LogP contribution >= 0.6 is 0 Å². The van der Waals surface area contributed by atoms with Crippen LogP contribution in [0.15, 0.2) is 42.5 Å². The molecule has 1 fully saturated rings. The number of aromatic nitrogens is 6. The van der Waals surface area contributed by atoms with Crippen LogP contribution in [0.4, 0.5) is 5.82 Å². The Kier molecular flexibility index (Phi) is 2.97. The third-order valence-corrected chi connectivity index (χ3v) is 4.76. The molecular formula is C17H17N7. The highest BCUT2D eigenvalue weighted by atomic mass is 15.6. The van der Waals surface area contributed by atoms with E-state index in [1.807, 2.05) is 12.1 Å². The predicted molar refractivity (Wildman–Crippen MR) is 90.8 cm³/mol. The van der Waals surface area contributed by atoms with Crippen LogP contribution in [0.5, 0.6) is 0 Å². The normalized spacial score (nSPS) is 18.5. The predicted octanol–water partition coefficient (Wildman–Crippen LogP) is 2.73. The molecule has 3 aromatic heterocycles. The van der Waals surface area contributed by atoms with Crippen LogP contribution in [0.3, 0.4) is 0 Å². The molecule has 0 spiro atoms. The Hall–Kier alpha value is -2.96. The van der Waals surface area contributed by atoms with Crippen LogP contribution in [0, 0.1) is 0 Å². The summed E-state index contributed by atoms with van der Waals surface area (Å²) < 4.78 is 1.49. The highest BCUT2D eigenvalue weighted by Gasteiger charge is 2.27. The van der Waals surface area contributed by atoms with Crippen LogP contribution in [-0.4, -0.2) is 36.8 Å². The van der Waals surface area contributed by atoms with Gasteiger partial charge in [0.15, 0.2) is 11.5 Å². The van der Waals surface area contributed by atoms with Gasteiger partial charge in [0.2, 0.25) is 0 Å². The van der Waals surface area contributed by atoms with Gasteiger partial charge in [0.05, 0.1) is 6.04 Å². The lowest BCUT2D eigenvalue weighted by Crippen LogP contribution is -2.34. The van der Waals surface area contributed by atoms with Crippen molar-refractivity contribution in [2.75, 3.05) is 11.4 Å². The minimum Gasteiger partial charge on any atom is -0.357 e. The zero-order valence-corrected chi connectivity index (χ0v) is 13.1. The standard InChI is InChI=1S/C17H17N7/c1-2-6-13-12(5-1)11-14(18-13)15-7-3-4-10-23(15)17-9-8-16-19-21-22-24(16)20-17/h1-2,5-6,8-9,11,15,18H,3-4,7,10H2/t15-/m0/s1. The summed E-state index contributed by atoms with van der Waals surface area (Å²) in [6.45, 7) is 0.987. The number of para-hydroxylation sites is 1. The van der Waals surface area contributed by atoms with E-state index in [4.69, 9.17) is 0 Å². The molecule has 7 nitrogen and oxygen atoms in total. The van der Waals surface area contributed by atoms with Crippen molar-refractivity contribution in [3.05, 3.63) is 48.2 Å². The number of rotatable bonds is 2. The van der Waals surface area contributed by atoms with Crippen LogP contribution in [0.25, 0.3) is 16.6 Å². The smallest absolute Gasteiger partial charge is 0.200 e. The van der Waals surface area contributed by atoms with E-state index in [1.54, 1.807) is 0 Å². The molecule has 7 heteroatoms. The zero-order chi connectivity index (χ0) is 15.9. The molecule has 1 aliphatic rings. The molecular weight excluding hydrogens is 302 g/mol. The van der Waals surface area contributed by atoms with E-state index in [0.29, 0.717) is 11.7 Å². The molecule has 120 valence electrons. The van der Waals surface area contributed by atoms with Crippen LogP contribution in [0.1, 0.15) is 31.0 Å². The fourth-order valence-electron chi connectivity index (χ4n) is 3.60. The molecule has 1 aliphatic heterocycles. The number of hydrogen-bond acceptors (Lipinski definition) is 5. The van der Waals surface area contributed by atoms with Crippen LogP contribution in [0.2, 0.25) is 0 Å². The van der Waals surface area contributed by atoms with Gasteiger partial charge in [0.1, 0.15) is 0 Å². The number of fused-ring (bicyclic) bond motifs is 2. The summed E-state index contributed by atoms with van der Waals surface area (Å²) in [4.78, 5) is 5.94. The lowest BCUT2D eigenvalue weighted by molar-refractivity contribution is 0.460. The third kappa shape index (κ3) is 2.12. The second-order valence-electron chi connectivity index (χ2n) is 6.23. The van der Waals surface area contributed by atoms with Crippen LogP contribution in [-0.2, 0) is 0 Å². The summed E-state index contributed by atoms with van der Waals surface area (Å²) in [5.74, 6) is 0.915. The lowest BCUT2D eigenvalue weighted by Gasteiger charge is -2.36. The summed E-state index contributed by atoms with van der Waals surface area (Å²) in [6.07, 6.45) is 3.51. The Morgan fingerprint density at radius 3 is 3.00 bits per heavy atom. The van der Waals surface area contributed by atoms with Gasteiger partial charge in [-0.2, -0.15) is 0 Å². The number of H-pyrrole nitrogens is 1. The average molecular weight is 319 g/mol. The maximum absolute atomic E-state index is 4.58. The van der Waals surface area contributed by atoms with Gasteiger partial charge < -0.3 is 9.88 Å². The van der Waals surface area contributed by atoms with Crippen molar-refractivity contribution >= 4 is 22.4 Å². The Balaban J connectivity index is 1.57. The molecule has 0 bridgehead atoms. The van der Waals surface area contributed by atoms with E-state index >= 15 is 0 Å². The molecule has 1 atom stereocenters. The first kappa shape index (κ1) is 13.5. The molecule has 0 unspecified atom stereocenters. The monoisotopic (exact) mass is 319 g/mol. The zero-order valence-electron chi connectivity index (χ0n) is 13.1. The molecule has 4 aromatic rings. The van der Waals surface area contributed by atoms with Gasteiger partial charge in [-0.3, -0.25) is 0 Å². The fraction of sp³-hybridized carbons (Fsp3) is 0.294. The fourth-order valence-corrected chi connectivity index (χ4v) is 3.60. The SMILES string of the molecule is c1ccc2[nH]c([C@@H]3CCCCN3c3ccc4nnnn4n3)cc2c1. The van der Waals surface area contributed by atoms with E-state index in [2.05, 4.69) is 60.8 Å². The van der Waals surface area contributed by atoms with E-state index < -0.39 is 0 Å². The number of nitrogens with zero attached hydrogens (tertiary/aromatic N) is 6. The average Bonchev–Trinajstić information content (AvgIpc) is 3.27. The van der Waals surface area contributed by atoms with Gasteiger partial charge in [-0.15, -0.1) is 14.8 Å². The van der Waals surface area contributed by atoms with Crippen molar-refractivity contribution in [3.63, 3.8) is 0 Å². The number of anilines is 1. The first-order valence-corrected chi connectivity index (χ1v) is 8.28. The molecule has 0 aliphatic carbocycles. The van der Waals surface area contributed by atoms with E-state index in [9.17, 15) is 0 Å². The molecule has 4 heterocycles. The van der Waals surface area contributed by atoms with Gasteiger partial charge in [-0.25, -0.2) is 0 Å². The number of piperidine rings is 1. The summed E-state index contributed by atoms with van der Waals surface area (Å²) >= 11 is 0. The minimum absolute atomic E-state index is 0.299. The Morgan fingerprint density at radius 1 is 1.08 bits per heavy atom. The van der Waals surface area contributed by atoms with Crippen molar-refractivity contribution in [2.45, 2.75) is 25.3 Å². The van der Waals surface area contributed by atoms with Gasteiger partial charge in [-0.05, 0) is 59.3 Å². The first-order chi connectivity index (χ1) is 11.9. The number of aromatic amines is 1. The summed E-state index contributed by atoms with van der Waals surface area (Å²) in [7, 11) is 0. The maximum atomic E-state index is 4.58. The number of tetrazole rings is 1. The Bertz CT molecular complexity index is 959. The Labute approximate surface area is 138 Å². The van der Waals surface area contributed by atoms with Gasteiger partial charge >= 0.3 is 0 Å². The van der Waals surface area contributed by atoms with E-state index in [-0.39, 0.29) is 0 Å². The summed E-state index contributed by atoms with van der Waals surface area (Å²) in [5, 5.41) is 17.3. The van der Waals surface area contributed by atoms with Crippen molar-refractivity contribution in [2.24, 2.45) is 0 Å². The second-order valence-corrected chi connectivity index (χ2v) is 6.23. The lowest BCUT2D eigenvalue weighted by atomic mass is 9.99. The largest absolute Gasteiger partial charge is 0.357 e. The second kappa shape index (κ2) is 5.30. The number of hydrogen-bond donors (Lipinski definition) is 1. The maximum Gasteiger partial charge on any atom is 0.200 e. The molecule has 0 saturated carbocycles. The number of nitrogens with one attached hydrogen (secondary N) is 1. The number of benzene rings is 1. The van der Waals surface area contributed by atoms with Gasteiger partial charge in [0.25, 0.3) is 0 Å². The van der Waals surface area contributed by atoms with E-state index in [0.717, 1.165) is 18.8 Å². The molecule has 1 saturated heterocycles. The van der Waals surface area contributed by atoms with Crippen molar-refractivity contribution < 1.29 is 0 Å². The highest BCUT2D eigenvalue weighted by molar-refractivity contribution is 5.80. The first-order valence-electron chi connectivity index (χ1n) is 8.28.